The van der Waals surface area contributed by atoms with Crippen LogP contribution in [-0.2, 0) is 33.3 Å². The second-order valence-electron chi connectivity index (χ2n) is 9.77. The number of methoxy groups -OCH3 is 1. The van der Waals surface area contributed by atoms with E-state index >= 15 is 0 Å². The monoisotopic (exact) mass is 536 g/mol. The fourth-order valence-corrected chi connectivity index (χ4v) is 5.17. The Kier molecular flexibility index (Phi) is 8.40. The van der Waals surface area contributed by atoms with Crippen LogP contribution in [0.15, 0.2) is 42.2 Å². The van der Waals surface area contributed by atoms with Crippen LogP contribution in [0, 0.1) is 11.8 Å². The van der Waals surface area contributed by atoms with Gasteiger partial charge in [-0.3, -0.25) is 0 Å². The van der Waals surface area contributed by atoms with E-state index < -0.39 is 73.0 Å². The van der Waals surface area contributed by atoms with Crippen molar-refractivity contribution in [2.45, 2.75) is 62.4 Å². The summed E-state index contributed by atoms with van der Waals surface area (Å²) in [4.78, 5) is 24.5. The van der Waals surface area contributed by atoms with Gasteiger partial charge in [-0.25, -0.2) is 9.59 Å². The lowest BCUT2D eigenvalue weighted by atomic mass is 9.81. The van der Waals surface area contributed by atoms with Crippen LogP contribution in [0.3, 0.4) is 0 Å². The summed E-state index contributed by atoms with van der Waals surface area (Å²) < 4.78 is 27.1. The number of ether oxygens (including phenoxy) is 5. The fraction of sp³-hybridized carbons (Fsp3) is 0.538. The van der Waals surface area contributed by atoms with Gasteiger partial charge in [0.2, 0.25) is 6.29 Å². The average molecular weight is 537 g/mol. The number of aliphatic hydroxyl groups is 4. The van der Waals surface area contributed by atoms with Gasteiger partial charge in [-0.2, -0.15) is 0 Å². The molecule has 4 rings (SSSR count). The van der Waals surface area contributed by atoms with Gasteiger partial charge >= 0.3 is 11.9 Å². The van der Waals surface area contributed by atoms with Crippen molar-refractivity contribution in [2.24, 2.45) is 11.8 Å². The molecule has 0 radical (unpaired) electrons. The second-order valence-corrected chi connectivity index (χ2v) is 9.77. The molecule has 1 aliphatic carbocycles. The van der Waals surface area contributed by atoms with Crippen LogP contribution in [-0.4, -0.2) is 93.8 Å². The Hall–Kier alpha value is -3.00. The van der Waals surface area contributed by atoms with Crippen LogP contribution in [0.1, 0.15) is 25.3 Å². The molecule has 2 fully saturated rings. The summed E-state index contributed by atoms with van der Waals surface area (Å²) in [6.45, 7) is 0.910. The van der Waals surface area contributed by atoms with Gasteiger partial charge in [0.05, 0.1) is 37.1 Å². The minimum Gasteiger partial charge on any atom is -0.508 e. The van der Waals surface area contributed by atoms with Crippen molar-refractivity contribution in [3.05, 3.63) is 47.7 Å². The van der Waals surface area contributed by atoms with E-state index in [4.69, 9.17) is 23.7 Å². The van der Waals surface area contributed by atoms with Gasteiger partial charge in [-0.1, -0.05) is 12.1 Å². The molecular formula is C26H32O12. The highest BCUT2D eigenvalue weighted by atomic mass is 16.8. The number of aliphatic hydroxyl groups excluding tert-OH is 3. The highest BCUT2D eigenvalue weighted by molar-refractivity contribution is 5.89. The summed E-state index contributed by atoms with van der Waals surface area (Å²) in [6, 6.07) is 6.03. The Labute approximate surface area is 218 Å². The third-order valence-electron chi connectivity index (χ3n) is 7.20. The van der Waals surface area contributed by atoms with Gasteiger partial charge in [0.1, 0.15) is 24.1 Å². The number of aromatic hydroxyl groups is 1. The molecule has 12 heteroatoms. The van der Waals surface area contributed by atoms with Crippen LogP contribution in [0.25, 0.3) is 6.08 Å². The molecule has 1 saturated heterocycles. The van der Waals surface area contributed by atoms with Gasteiger partial charge in [-0.05, 0) is 43.5 Å². The number of rotatable bonds is 7. The first-order valence-electron chi connectivity index (χ1n) is 12.2. The lowest BCUT2D eigenvalue weighted by molar-refractivity contribution is -0.346. The number of hydrogen-bond acceptors (Lipinski definition) is 12. The topological polar surface area (TPSA) is 181 Å². The summed E-state index contributed by atoms with van der Waals surface area (Å²) in [6.07, 6.45) is -4.23. The third kappa shape index (κ3) is 5.70. The highest BCUT2D eigenvalue weighted by Gasteiger charge is 2.56. The molecular weight excluding hydrogens is 504 g/mol. The predicted molar refractivity (Wildman–Crippen MR) is 128 cm³/mol. The molecule has 5 N–H and O–H groups in total. The lowest BCUT2D eigenvalue weighted by Crippen LogP contribution is -2.61. The quantitative estimate of drug-likeness (QED) is 0.232. The SMILES string of the molecule is COC(=O)C1=CO[C@@H](O[C@@H]2O[C@H](CO)[C@@H](OC(=O)/C=C/c3ccc(O)cc3)[C@H](O)[C@H]2O)[C@H]2[C@@H]1CC[C@]2(C)O. The van der Waals surface area contributed by atoms with E-state index in [0.717, 1.165) is 6.08 Å². The smallest absolute Gasteiger partial charge is 0.337 e. The summed E-state index contributed by atoms with van der Waals surface area (Å²) in [5.41, 5.74) is -0.425. The van der Waals surface area contributed by atoms with Crippen LogP contribution in [0.2, 0.25) is 0 Å². The van der Waals surface area contributed by atoms with Crippen LogP contribution in [0.4, 0.5) is 0 Å². The molecule has 0 bridgehead atoms. The summed E-state index contributed by atoms with van der Waals surface area (Å²) in [5, 5.41) is 51.6. The van der Waals surface area contributed by atoms with E-state index in [1.54, 1.807) is 19.1 Å². The van der Waals surface area contributed by atoms with Crippen LogP contribution in [0.5, 0.6) is 5.75 Å². The molecule has 1 saturated carbocycles. The Balaban J connectivity index is 1.44. The molecule has 38 heavy (non-hydrogen) atoms. The Bertz CT molecular complexity index is 1060. The van der Waals surface area contributed by atoms with Gasteiger partial charge in [0.15, 0.2) is 12.4 Å². The lowest BCUT2D eigenvalue weighted by Gasteiger charge is -2.44. The second kappa shape index (κ2) is 11.4. The number of esters is 2. The normalized spacial score (nSPS) is 36.7. The Morgan fingerprint density at radius 1 is 1.16 bits per heavy atom. The molecule has 12 nitrogen and oxygen atoms in total. The fourth-order valence-electron chi connectivity index (χ4n) is 5.17. The molecule has 0 spiro atoms. The number of phenolic OH excluding ortho intramolecular Hbond substituents is 1. The van der Waals surface area contributed by atoms with Crippen molar-refractivity contribution in [3.63, 3.8) is 0 Å². The average Bonchev–Trinajstić information content (AvgIpc) is 3.23. The first-order valence-corrected chi connectivity index (χ1v) is 12.2. The summed E-state index contributed by atoms with van der Waals surface area (Å²) in [5.74, 6) is -2.55. The molecule has 9 atom stereocenters. The van der Waals surface area contributed by atoms with Crippen molar-refractivity contribution in [2.75, 3.05) is 13.7 Å². The van der Waals surface area contributed by atoms with Crippen LogP contribution >= 0.6 is 0 Å². The molecule has 208 valence electrons. The maximum absolute atomic E-state index is 12.4. The molecule has 0 aromatic heterocycles. The van der Waals surface area contributed by atoms with Crippen molar-refractivity contribution < 1.29 is 58.8 Å². The minimum absolute atomic E-state index is 0.0642. The number of hydrogen-bond donors (Lipinski definition) is 5. The number of carbonyl (C=O) groups excluding carboxylic acids is 2. The molecule has 2 heterocycles. The molecule has 1 aromatic carbocycles. The standard InChI is InChI=1S/C26H32O12/c1-26(33)10-9-15-16(23(32)34-2)12-35-24(19(15)26)38-25-21(31)20(30)22(17(11-27)36-25)37-18(29)8-5-13-3-6-14(28)7-4-13/h3-8,12,15,17,19-22,24-25,27-28,30-31,33H,9-11H2,1-2H3/b8-5+/t15-,17-,19-,20-,21-,22-,24+,25+,26+/m1/s1. The maximum atomic E-state index is 12.4. The minimum atomic E-state index is -1.71. The third-order valence-corrected chi connectivity index (χ3v) is 7.20. The number of carbonyl (C=O) groups is 2. The van der Waals surface area contributed by atoms with E-state index in [1.807, 2.05) is 0 Å². The van der Waals surface area contributed by atoms with E-state index in [-0.39, 0.29) is 11.3 Å². The highest BCUT2D eigenvalue weighted by Crippen LogP contribution is 2.49. The molecule has 2 aliphatic heterocycles. The summed E-state index contributed by atoms with van der Waals surface area (Å²) in [7, 11) is 1.24. The number of fused-ring (bicyclic) bond motifs is 1. The maximum Gasteiger partial charge on any atom is 0.337 e. The Morgan fingerprint density at radius 3 is 2.53 bits per heavy atom. The predicted octanol–water partition coefficient (Wildman–Crippen LogP) is -0.0368. The first kappa shape index (κ1) is 28.0. The Morgan fingerprint density at radius 2 is 1.87 bits per heavy atom. The molecule has 1 aromatic rings. The summed E-state index contributed by atoms with van der Waals surface area (Å²) >= 11 is 0. The van der Waals surface area contributed by atoms with Crippen molar-refractivity contribution in [1.29, 1.82) is 0 Å². The largest absolute Gasteiger partial charge is 0.508 e. The van der Waals surface area contributed by atoms with Gasteiger partial charge in [-0.15, -0.1) is 0 Å². The molecule has 0 unspecified atom stereocenters. The number of benzene rings is 1. The van der Waals surface area contributed by atoms with E-state index in [1.165, 1.54) is 31.6 Å². The van der Waals surface area contributed by atoms with E-state index in [9.17, 15) is 35.1 Å². The van der Waals surface area contributed by atoms with Crippen molar-refractivity contribution in [1.82, 2.24) is 0 Å². The van der Waals surface area contributed by atoms with Crippen molar-refractivity contribution >= 4 is 18.0 Å². The zero-order valence-electron chi connectivity index (χ0n) is 20.9. The van der Waals surface area contributed by atoms with Gasteiger partial charge in [0.25, 0.3) is 0 Å². The van der Waals surface area contributed by atoms with Gasteiger partial charge < -0.3 is 49.2 Å². The number of phenols is 1. The van der Waals surface area contributed by atoms with E-state index in [0.29, 0.717) is 18.4 Å². The van der Waals surface area contributed by atoms with Gasteiger partial charge in [0, 0.05) is 12.0 Å². The molecule has 0 amide bonds. The molecule has 3 aliphatic rings. The first-order chi connectivity index (χ1) is 18.1. The zero-order chi connectivity index (χ0) is 27.6. The van der Waals surface area contributed by atoms with E-state index in [2.05, 4.69) is 0 Å². The van der Waals surface area contributed by atoms with Crippen molar-refractivity contribution in [3.8, 4) is 5.75 Å². The zero-order valence-corrected chi connectivity index (χ0v) is 20.9. The van der Waals surface area contributed by atoms with Crippen LogP contribution < -0.4 is 0 Å².